The third-order valence-corrected chi connectivity index (χ3v) is 4.14. The Morgan fingerprint density at radius 2 is 1.81 bits per heavy atom. The van der Waals surface area contributed by atoms with Gasteiger partial charge in [-0.05, 0) is 35.1 Å². The highest BCUT2D eigenvalue weighted by Gasteiger charge is 2.17. The van der Waals surface area contributed by atoms with Gasteiger partial charge in [0.05, 0.1) is 18.1 Å². The summed E-state index contributed by atoms with van der Waals surface area (Å²) >= 11 is 0. The number of nitrogens with zero attached hydrogens (tertiary/aromatic N) is 1. The van der Waals surface area contributed by atoms with Gasteiger partial charge in [0.2, 0.25) is 5.91 Å². The molecule has 138 valence electrons. The van der Waals surface area contributed by atoms with Crippen molar-refractivity contribution in [3.63, 3.8) is 0 Å². The summed E-state index contributed by atoms with van der Waals surface area (Å²) in [6.45, 7) is 6.45. The standard InChI is InChI=1S/C20H24N2O4/c1-20(2,3)15-8-5-14(6-9-15)7-12-19(23)21-17-11-10-16(26-4)13-18(17)22(24)25/h5-6,8-11,13H,7,12H2,1-4H3,(H,21,23). The van der Waals surface area contributed by atoms with Gasteiger partial charge in [-0.1, -0.05) is 45.0 Å². The maximum atomic E-state index is 12.2. The van der Waals surface area contributed by atoms with Gasteiger partial charge in [-0.25, -0.2) is 0 Å². The Labute approximate surface area is 153 Å². The number of amides is 1. The Balaban J connectivity index is 2.00. The van der Waals surface area contributed by atoms with Crippen molar-refractivity contribution in [2.24, 2.45) is 0 Å². The van der Waals surface area contributed by atoms with Crippen LogP contribution in [0.25, 0.3) is 0 Å². The Hall–Kier alpha value is -2.89. The van der Waals surface area contributed by atoms with E-state index in [-0.39, 0.29) is 29.1 Å². The number of nitro groups is 1. The third kappa shape index (κ3) is 5.05. The van der Waals surface area contributed by atoms with Crippen LogP contribution >= 0.6 is 0 Å². The second kappa shape index (κ2) is 7.99. The van der Waals surface area contributed by atoms with Gasteiger partial charge in [-0.2, -0.15) is 0 Å². The third-order valence-electron chi connectivity index (χ3n) is 4.14. The lowest BCUT2D eigenvalue weighted by molar-refractivity contribution is -0.384. The maximum absolute atomic E-state index is 12.2. The summed E-state index contributed by atoms with van der Waals surface area (Å²) in [5.41, 5.74) is 2.36. The van der Waals surface area contributed by atoms with E-state index in [1.165, 1.54) is 24.8 Å². The van der Waals surface area contributed by atoms with E-state index in [4.69, 9.17) is 4.74 Å². The molecule has 26 heavy (non-hydrogen) atoms. The minimum Gasteiger partial charge on any atom is -0.496 e. The van der Waals surface area contributed by atoms with E-state index >= 15 is 0 Å². The van der Waals surface area contributed by atoms with Gasteiger partial charge in [-0.3, -0.25) is 14.9 Å². The van der Waals surface area contributed by atoms with Gasteiger partial charge in [0.1, 0.15) is 11.4 Å². The molecule has 0 unspecified atom stereocenters. The van der Waals surface area contributed by atoms with Crippen LogP contribution in [0.15, 0.2) is 42.5 Å². The SMILES string of the molecule is COc1ccc(NC(=O)CCc2ccc(C(C)(C)C)cc2)c([N+](=O)[O-])c1. The van der Waals surface area contributed by atoms with E-state index in [1.54, 1.807) is 6.07 Å². The van der Waals surface area contributed by atoms with E-state index in [0.717, 1.165) is 5.56 Å². The summed E-state index contributed by atoms with van der Waals surface area (Å²) in [6, 6.07) is 12.5. The lowest BCUT2D eigenvalue weighted by Crippen LogP contribution is -2.14. The zero-order valence-corrected chi connectivity index (χ0v) is 15.5. The molecule has 0 radical (unpaired) electrons. The van der Waals surface area contributed by atoms with Crippen molar-refractivity contribution in [3.8, 4) is 5.75 Å². The lowest BCUT2D eigenvalue weighted by Gasteiger charge is -2.19. The summed E-state index contributed by atoms with van der Waals surface area (Å²) in [5, 5.41) is 13.8. The molecule has 1 N–H and O–H groups in total. The number of hydrogen-bond donors (Lipinski definition) is 1. The van der Waals surface area contributed by atoms with E-state index in [9.17, 15) is 14.9 Å². The molecule has 0 bridgehead atoms. The Kier molecular flexibility index (Phi) is 5.97. The first-order valence-corrected chi connectivity index (χ1v) is 8.42. The van der Waals surface area contributed by atoms with Crippen molar-refractivity contribution in [2.75, 3.05) is 12.4 Å². The largest absolute Gasteiger partial charge is 0.496 e. The molecule has 2 rings (SSSR count). The molecule has 0 aliphatic carbocycles. The smallest absolute Gasteiger partial charge is 0.296 e. The quantitative estimate of drug-likeness (QED) is 0.611. The number of aryl methyl sites for hydroxylation is 1. The van der Waals surface area contributed by atoms with Crippen LogP contribution in [0.2, 0.25) is 0 Å². The fraction of sp³-hybridized carbons (Fsp3) is 0.350. The molecule has 0 saturated heterocycles. The molecule has 0 aromatic heterocycles. The first kappa shape index (κ1) is 19.4. The average Bonchev–Trinajstić information content (AvgIpc) is 2.59. The number of anilines is 1. The summed E-state index contributed by atoms with van der Waals surface area (Å²) in [5.74, 6) is 0.104. The Bertz CT molecular complexity index is 792. The normalized spacial score (nSPS) is 11.1. The molecule has 0 aliphatic heterocycles. The van der Waals surface area contributed by atoms with E-state index in [1.807, 2.05) is 12.1 Å². The molecule has 2 aromatic carbocycles. The number of ether oxygens (including phenoxy) is 1. The molecule has 0 fully saturated rings. The number of benzene rings is 2. The molecule has 1 amide bonds. The minimum atomic E-state index is -0.538. The van der Waals surface area contributed by atoms with Gasteiger partial charge in [-0.15, -0.1) is 0 Å². The van der Waals surface area contributed by atoms with Crippen LogP contribution in [-0.2, 0) is 16.6 Å². The first-order chi connectivity index (χ1) is 12.2. The summed E-state index contributed by atoms with van der Waals surface area (Å²) < 4.78 is 4.99. The molecule has 0 saturated carbocycles. The van der Waals surface area contributed by atoms with Gasteiger partial charge in [0.15, 0.2) is 0 Å². The van der Waals surface area contributed by atoms with Crippen LogP contribution in [0, 0.1) is 10.1 Å². The number of nitro benzene ring substituents is 1. The molecule has 2 aromatic rings. The molecule has 0 spiro atoms. The van der Waals surface area contributed by atoms with Crippen molar-refractivity contribution >= 4 is 17.3 Å². The van der Waals surface area contributed by atoms with Crippen LogP contribution < -0.4 is 10.1 Å². The van der Waals surface area contributed by atoms with Crippen molar-refractivity contribution in [3.05, 3.63) is 63.7 Å². The van der Waals surface area contributed by atoms with Crippen molar-refractivity contribution in [2.45, 2.75) is 39.0 Å². The average molecular weight is 356 g/mol. The molecule has 0 aliphatic rings. The second-order valence-electron chi connectivity index (χ2n) is 7.14. The topological polar surface area (TPSA) is 81.5 Å². The number of methoxy groups -OCH3 is 1. The van der Waals surface area contributed by atoms with E-state index < -0.39 is 4.92 Å². The Morgan fingerprint density at radius 3 is 2.35 bits per heavy atom. The molecule has 6 nitrogen and oxygen atoms in total. The van der Waals surface area contributed by atoms with Gasteiger partial charge in [0.25, 0.3) is 5.69 Å². The van der Waals surface area contributed by atoms with Crippen molar-refractivity contribution in [1.82, 2.24) is 0 Å². The van der Waals surface area contributed by atoms with Gasteiger partial charge in [0, 0.05) is 6.42 Å². The molecule has 0 heterocycles. The van der Waals surface area contributed by atoms with Crippen molar-refractivity contribution in [1.29, 1.82) is 0 Å². The van der Waals surface area contributed by atoms with Crippen LogP contribution in [0.5, 0.6) is 5.75 Å². The molecule has 6 heteroatoms. The summed E-state index contributed by atoms with van der Waals surface area (Å²) in [6.07, 6.45) is 0.818. The first-order valence-electron chi connectivity index (χ1n) is 8.42. The zero-order valence-electron chi connectivity index (χ0n) is 15.5. The predicted octanol–water partition coefficient (Wildman–Crippen LogP) is 4.47. The van der Waals surface area contributed by atoms with Crippen LogP contribution in [0.4, 0.5) is 11.4 Å². The van der Waals surface area contributed by atoms with E-state index in [0.29, 0.717) is 12.2 Å². The highest BCUT2D eigenvalue weighted by molar-refractivity contribution is 5.93. The number of hydrogen-bond acceptors (Lipinski definition) is 4. The highest BCUT2D eigenvalue weighted by Crippen LogP contribution is 2.29. The monoisotopic (exact) mass is 356 g/mol. The fourth-order valence-electron chi connectivity index (χ4n) is 2.54. The van der Waals surface area contributed by atoms with Crippen LogP contribution in [0.1, 0.15) is 38.3 Å². The van der Waals surface area contributed by atoms with Gasteiger partial charge < -0.3 is 10.1 Å². The molecular weight excluding hydrogens is 332 g/mol. The highest BCUT2D eigenvalue weighted by atomic mass is 16.6. The van der Waals surface area contributed by atoms with Crippen LogP contribution in [0.3, 0.4) is 0 Å². The van der Waals surface area contributed by atoms with Gasteiger partial charge >= 0.3 is 0 Å². The number of nitrogens with one attached hydrogen (secondary N) is 1. The predicted molar refractivity (Wildman–Crippen MR) is 102 cm³/mol. The number of rotatable bonds is 6. The fourth-order valence-corrected chi connectivity index (χ4v) is 2.54. The molecule has 0 atom stereocenters. The second-order valence-corrected chi connectivity index (χ2v) is 7.14. The summed E-state index contributed by atoms with van der Waals surface area (Å²) in [4.78, 5) is 22.8. The number of carbonyl (C=O) groups is 1. The number of carbonyl (C=O) groups excluding carboxylic acids is 1. The Morgan fingerprint density at radius 1 is 1.15 bits per heavy atom. The lowest BCUT2D eigenvalue weighted by atomic mass is 9.86. The molecular formula is C20H24N2O4. The van der Waals surface area contributed by atoms with Crippen LogP contribution in [-0.4, -0.2) is 17.9 Å². The maximum Gasteiger partial charge on any atom is 0.296 e. The minimum absolute atomic E-state index is 0.0865. The van der Waals surface area contributed by atoms with Crippen molar-refractivity contribution < 1.29 is 14.5 Å². The zero-order chi connectivity index (χ0) is 19.3. The summed E-state index contributed by atoms with van der Waals surface area (Å²) in [7, 11) is 1.43. The van der Waals surface area contributed by atoms with E-state index in [2.05, 4.69) is 38.2 Å².